The first kappa shape index (κ1) is 25.2. The van der Waals surface area contributed by atoms with Gasteiger partial charge in [0.15, 0.2) is 5.78 Å². The van der Waals surface area contributed by atoms with Crippen molar-refractivity contribution in [3.05, 3.63) is 92.0 Å². The highest BCUT2D eigenvalue weighted by atomic mass is 35.5. The number of amidine groups is 1. The number of Topliss-reactive ketones (excluding diaryl/α,β-unsaturated/α-hetero) is 1. The Labute approximate surface area is 218 Å². The Morgan fingerprint density at radius 2 is 1.60 bits per heavy atom. The predicted octanol–water partition coefficient (Wildman–Crippen LogP) is 6.53. The van der Waals surface area contributed by atoms with E-state index in [0.29, 0.717) is 27.8 Å². The number of rotatable bonds is 6. The molecule has 35 heavy (non-hydrogen) atoms. The number of hydrogen-bond donors (Lipinski definition) is 2. The number of piperidine rings is 1. The van der Waals surface area contributed by atoms with Gasteiger partial charge in [-0.15, -0.1) is 0 Å². The lowest BCUT2D eigenvalue weighted by molar-refractivity contribution is 0.0992. The normalized spacial score (nSPS) is 13.4. The Morgan fingerprint density at radius 1 is 0.914 bits per heavy atom. The largest absolute Gasteiger partial charge is 0.357 e. The molecule has 0 aliphatic carbocycles. The molecule has 3 aromatic rings. The first-order chi connectivity index (χ1) is 16.8. The zero-order chi connectivity index (χ0) is 24.9. The molecule has 180 valence electrons. The molecule has 2 aromatic carbocycles. The van der Waals surface area contributed by atoms with Gasteiger partial charge in [-0.1, -0.05) is 59.1 Å². The van der Waals surface area contributed by atoms with Crippen LogP contribution in [0.15, 0.2) is 54.7 Å². The number of likely N-dealkylation sites (tertiary alicyclic amines) is 1. The molecule has 1 aliphatic rings. The summed E-state index contributed by atoms with van der Waals surface area (Å²) in [6, 6.07) is 13.1. The molecule has 1 aromatic heterocycles. The van der Waals surface area contributed by atoms with E-state index in [1.165, 1.54) is 24.8 Å². The lowest BCUT2D eigenvalue weighted by Crippen LogP contribution is -2.35. The van der Waals surface area contributed by atoms with Gasteiger partial charge in [-0.25, -0.2) is 4.98 Å². The van der Waals surface area contributed by atoms with Crippen LogP contribution in [0, 0.1) is 5.41 Å². The monoisotopic (exact) mass is 528 g/mol. The van der Waals surface area contributed by atoms with Crippen molar-refractivity contribution >= 4 is 58.1 Å². The third-order valence-corrected chi connectivity index (χ3v) is 6.64. The molecule has 1 aliphatic heterocycles. The minimum atomic E-state index is -0.489. The number of amides is 1. The van der Waals surface area contributed by atoms with Crippen molar-refractivity contribution in [2.24, 2.45) is 0 Å². The summed E-state index contributed by atoms with van der Waals surface area (Å²) in [6.07, 6.45) is 4.70. The summed E-state index contributed by atoms with van der Waals surface area (Å²) in [6.45, 7) is 1.76. The van der Waals surface area contributed by atoms with Crippen molar-refractivity contribution in [3.63, 3.8) is 0 Å². The van der Waals surface area contributed by atoms with E-state index in [2.05, 4.69) is 15.2 Å². The maximum absolute atomic E-state index is 13.1. The number of carbonyl (C=O) groups is 2. The minimum absolute atomic E-state index is 0.0876. The van der Waals surface area contributed by atoms with Gasteiger partial charge in [-0.05, 0) is 49.1 Å². The second-order valence-corrected chi connectivity index (χ2v) is 9.58. The molecule has 0 radical (unpaired) electrons. The maximum Gasteiger partial charge on any atom is 0.257 e. The fraction of sp³-hybridized carbons (Fsp3) is 0.231. The van der Waals surface area contributed by atoms with Crippen LogP contribution in [0.4, 0.5) is 5.82 Å². The summed E-state index contributed by atoms with van der Waals surface area (Å²) in [7, 11) is 0. The molecule has 0 spiro atoms. The number of nitrogens with one attached hydrogen (secondary N) is 2. The third-order valence-electron chi connectivity index (χ3n) is 5.86. The number of aromatic nitrogens is 1. The van der Waals surface area contributed by atoms with Gasteiger partial charge < -0.3 is 10.2 Å². The smallest absolute Gasteiger partial charge is 0.257 e. The fourth-order valence-corrected chi connectivity index (χ4v) is 4.67. The van der Waals surface area contributed by atoms with Crippen LogP contribution in [0.3, 0.4) is 0 Å². The first-order valence-corrected chi connectivity index (χ1v) is 12.3. The molecule has 2 N–H and O–H groups in total. The van der Waals surface area contributed by atoms with Crippen molar-refractivity contribution in [2.75, 3.05) is 18.4 Å². The number of pyridine rings is 1. The number of benzene rings is 2. The summed E-state index contributed by atoms with van der Waals surface area (Å²) in [5, 5.41) is 12.1. The van der Waals surface area contributed by atoms with Gasteiger partial charge >= 0.3 is 0 Å². The topological polar surface area (TPSA) is 86.1 Å². The van der Waals surface area contributed by atoms with E-state index in [4.69, 9.17) is 40.2 Å². The molecule has 0 saturated carbocycles. The third kappa shape index (κ3) is 6.20. The van der Waals surface area contributed by atoms with Crippen LogP contribution in [0.2, 0.25) is 15.1 Å². The highest BCUT2D eigenvalue weighted by Crippen LogP contribution is 2.28. The fourth-order valence-electron chi connectivity index (χ4n) is 4.00. The molecular formula is C26H23Cl3N4O2. The molecule has 1 amide bonds. The van der Waals surface area contributed by atoms with Crippen molar-refractivity contribution in [3.8, 4) is 0 Å². The first-order valence-electron chi connectivity index (χ1n) is 11.2. The average molecular weight is 530 g/mol. The molecule has 0 unspecified atom stereocenters. The van der Waals surface area contributed by atoms with Crippen LogP contribution < -0.4 is 5.32 Å². The molecule has 1 fully saturated rings. The highest BCUT2D eigenvalue weighted by Gasteiger charge is 2.21. The molecular weight excluding hydrogens is 507 g/mol. The summed E-state index contributed by atoms with van der Waals surface area (Å²) in [4.78, 5) is 32.2. The number of nitrogens with zero attached hydrogens (tertiary/aromatic N) is 2. The van der Waals surface area contributed by atoms with Gasteiger partial charge in [0.2, 0.25) is 0 Å². The summed E-state index contributed by atoms with van der Waals surface area (Å²) in [5.74, 6) is 0.0834. The second kappa shape index (κ2) is 11.2. The van der Waals surface area contributed by atoms with Gasteiger partial charge in [-0.2, -0.15) is 0 Å². The molecule has 2 heterocycles. The highest BCUT2D eigenvalue weighted by molar-refractivity contribution is 6.36. The molecule has 1 saturated heterocycles. The molecule has 0 bridgehead atoms. The Morgan fingerprint density at radius 3 is 2.26 bits per heavy atom. The van der Waals surface area contributed by atoms with Gasteiger partial charge in [0, 0.05) is 52.4 Å². The Bertz CT molecular complexity index is 1250. The zero-order valence-corrected chi connectivity index (χ0v) is 21.1. The van der Waals surface area contributed by atoms with Gasteiger partial charge in [0.1, 0.15) is 11.7 Å². The molecule has 9 heteroatoms. The van der Waals surface area contributed by atoms with E-state index in [9.17, 15) is 9.59 Å². The minimum Gasteiger partial charge on any atom is -0.357 e. The Balaban J connectivity index is 1.52. The van der Waals surface area contributed by atoms with Gasteiger partial charge in [0.25, 0.3) is 5.91 Å². The van der Waals surface area contributed by atoms with E-state index >= 15 is 0 Å². The standard InChI is InChI=1S/C26H23Cl3N4O2/c27-18-8-9-24(31-15-18)32-26(35)21-12-19(28)13-22(29)20(21)14-23(34)16-4-6-17(7-5-16)25(30)33-10-2-1-3-11-33/h4-9,12-13,15,30H,1-3,10-11,14H2,(H,31,32,35). The second-order valence-electron chi connectivity index (χ2n) is 8.30. The average Bonchev–Trinajstić information content (AvgIpc) is 2.87. The van der Waals surface area contributed by atoms with Crippen LogP contribution in [-0.2, 0) is 6.42 Å². The van der Waals surface area contributed by atoms with Gasteiger partial charge in [-0.3, -0.25) is 15.0 Å². The van der Waals surface area contributed by atoms with Crippen LogP contribution in [0.1, 0.15) is 51.1 Å². The van der Waals surface area contributed by atoms with E-state index < -0.39 is 5.91 Å². The van der Waals surface area contributed by atoms with Crippen LogP contribution in [0.25, 0.3) is 0 Å². The lowest BCUT2D eigenvalue weighted by Gasteiger charge is -2.29. The quantitative estimate of drug-likeness (QED) is 0.216. The van der Waals surface area contributed by atoms with E-state index in [1.54, 1.807) is 36.4 Å². The Kier molecular flexibility index (Phi) is 8.06. The van der Waals surface area contributed by atoms with Crippen molar-refractivity contribution in [2.45, 2.75) is 25.7 Å². The summed E-state index contributed by atoms with van der Waals surface area (Å²) >= 11 is 18.4. The molecule has 4 rings (SSSR count). The van der Waals surface area contributed by atoms with E-state index in [-0.39, 0.29) is 27.8 Å². The summed E-state index contributed by atoms with van der Waals surface area (Å²) < 4.78 is 0. The Hall–Kier alpha value is -2.93. The van der Waals surface area contributed by atoms with Crippen LogP contribution in [0.5, 0.6) is 0 Å². The zero-order valence-electron chi connectivity index (χ0n) is 18.8. The number of hydrogen-bond acceptors (Lipinski definition) is 4. The van der Waals surface area contributed by atoms with Gasteiger partial charge in [0.05, 0.1) is 5.02 Å². The number of anilines is 1. The molecule has 6 nitrogen and oxygen atoms in total. The molecule has 0 atom stereocenters. The SMILES string of the molecule is N=C(c1ccc(C(=O)Cc2c(Cl)cc(Cl)cc2C(=O)Nc2ccc(Cl)cn2)cc1)N1CCCCC1. The van der Waals surface area contributed by atoms with E-state index in [1.807, 2.05) is 0 Å². The number of ketones is 1. The summed E-state index contributed by atoms with van der Waals surface area (Å²) in [5.41, 5.74) is 1.80. The lowest BCUT2D eigenvalue weighted by atomic mass is 9.97. The predicted molar refractivity (Wildman–Crippen MR) is 140 cm³/mol. The van der Waals surface area contributed by atoms with Crippen LogP contribution in [-0.4, -0.2) is 40.5 Å². The van der Waals surface area contributed by atoms with Crippen LogP contribution >= 0.6 is 34.8 Å². The number of carbonyl (C=O) groups excluding carboxylic acids is 2. The number of halogens is 3. The van der Waals surface area contributed by atoms with Crippen molar-refractivity contribution < 1.29 is 9.59 Å². The van der Waals surface area contributed by atoms with E-state index in [0.717, 1.165) is 31.5 Å². The van der Waals surface area contributed by atoms with Crippen molar-refractivity contribution in [1.82, 2.24) is 9.88 Å². The van der Waals surface area contributed by atoms with Crippen molar-refractivity contribution in [1.29, 1.82) is 5.41 Å². The maximum atomic E-state index is 13.1.